The van der Waals surface area contributed by atoms with E-state index < -0.39 is 10.0 Å². The molecule has 0 unspecified atom stereocenters. The van der Waals surface area contributed by atoms with E-state index in [9.17, 15) is 8.42 Å². The van der Waals surface area contributed by atoms with Crippen molar-refractivity contribution in [1.29, 1.82) is 0 Å². The SMILES string of the molecule is COc1ccc(S(=O)(=O)NCCc2ncn[nH]2)c(OC)c1. The highest BCUT2D eigenvalue weighted by molar-refractivity contribution is 7.89. The fourth-order valence-corrected chi connectivity index (χ4v) is 2.91. The van der Waals surface area contributed by atoms with E-state index in [0.717, 1.165) is 0 Å². The van der Waals surface area contributed by atoms with E-state index in [-0.39, 0.29) is 17.2 Å². The smallest absolute Gasteiger partial charge is 0.244 e. The molecule has 1 aromatic heterocycles. The lowest BCUT2D eigenvalue weighted by Crippen LogP contribution is -2.26. The van der Waals surface area contributed by atoms with E-state index in [0.29, 0.717) is 18.0 Å². The topological polar surface area (TPSA) is 106 Å². The van der Waals surface area contributed by atoms with E-state index in [1.54, 1.807) is 6.07 Å². The van der Waals surface area contributed by atoms with Gasteiger partial charge in [0.05, 0.1) is 14.2 Å². The summed E-state index contributed by atoms with van der Waals surface area (Å²) in [5.74, 6) is 1.35. The third kappa shape index (κ3) is 3.70. The van der Waals surface area contributed by atoms with Crippen molar-refractivity contribution >= 4 is 10.0 Å². The summed E-state index contributed by atoms with van der Waals surface area (Å²) in [5.41, 5.74) is 0. The summed E-state index contributed by atoms with van der Waals surface area (Å²) in [6.07, 6.45) is 1.79. The second-order valence-electron chi connectivity index (χ2n) is 4.10. The number of hydrogen-bond acceptors (Lipinski definition) is 6. The first kappa shape index (κ1) is 15.3. The number of methoxy groups -OCH3 is 2. The Morgan fingerprint density at radius 1 is 1.29 bits per heavy atom. The minimum atomic E-state index is -3.67. The summed E-state index contributed by atoms with van der Waals surface area (Å²) in [4.78, 5) is 3.98. The van der Waals surface area contributed by atoms with Gasteiger partial charge < -0.3 is 9.47 Å². The van der Waals surface area contributed by atoms with Crippen LogP contribution >= 0.6 is 0 Å². The number of H-pyrrole nitrogens is 1. The Bertz CT molecular complexity index is 685. The highest BCUT2D eigenvalue weighted by atomic mass is 32.2. The van der Waals surface area contributed by atoms with Crippen molar-refractivity contribution in [3.05, 3.63) is 30.4 Å². The molecule has 21 heavy (non-hydrogen) atoms. The zero-order valence-corrected chi connectivity index (χ0v) is 12.5. The van der Waals surface area contributed by atoms with Gasteiger partial charge in [-0.15, -0.1) is 0 Å². The molecule has 114 valence electrons. The number of nitrogens with zero attached hydrogens (tertiary/aromatic N) is 2. The minimum absolute atomic E-state index is 0.0587. The lowest BCUT2D eigenvalue weighted by atomic mass is 10.3. The lowest BCUT2D eigenvalue weighted by molar-refractivity contribution is 0.386. The van der Waals surface area contributed by atoms with Gasteiger partial charge in [-0.1, -0.05) is 0 Å². The fraction of sp³-hybridized carbons (Fsp3) is 0.333. The monoisotopic (exact) mass is 312 g/mol. The van der Waals surface area contributed by atoms with Crippen LogP contribution in [0.5, 0.6) is 11.5 Å². The normalized spacial score (nSPS) is 11.3. The van der Waals surface area contributed by atoms with Crippen molar-refractivity contribution in [3.8, 4) is 11.5 Å². The second-order valence-corrected chi connectivity index (χ2v) is 5.83. The van der Waals surface area contributed by atoms with E-state index >= 15 is 0 Å². The summed E-state index contributed by atoms with van der Waals surface area (Å²) in [6.45, 7) is 0.201. The summed E-state index contributed by atoms with van der Waals surface area (Å²) in [6, 6.07) is 4.52. The molecular weight excluding hydrogens is 296 g/mol. The average Bonchev–Trinajstić information content (AvgIpc) is 2.99. The minimum Gasteiger partial charge on any atom is -0.497 e. The predicted molar refractivity (Wildman–Crippen MR) is 74.8 cm³/mol. The molecule has 2 N–H and O–H groups in total. The van der Waals surface area contributed by atoms with Crippen molar-refractivity contribution in [2.75, 3.05) is 20.8 Å². The van der Waals surface area contributed by atoms with Crippen molar-refractivity contribution in [2.24, 2.45) is 0 Å². The second kappa shape index (κ2) is 6.55. The van der Waals surface area contributed by atoms with Crippen LogP contribution in [0.15, 0.2) is 29.4 Å². The number of benzene rings is 1. The summed E-state index contributed by atoms with van der Waals surface area (Å²) < 4.78 is 37.2. The Labute approximate surface area is 122 Å². The first-order valence-electron chi connectivity index (χ1n) is 6.13. The van der Waals surface area contributed by atoms with Crippen molar-refractivity contribution in [1.82, 2.24) is 19.9 Å². The zero-order valence-electron chi connectivity index (χ0n) is 11.7. The summed E-state index contributed by atoms with van der Waals surface area (Å²) >= 11 is 0. The Balaban J connectivity index is 2.11. The van der Waals surface area contributed by atoms with E-state index in [4.69, 9.17) is 9.47 Å². The number of hydrogen-bond donors (Lipinski definition) is 2. The molecule has 8 nitrogen and oxygen atoms in total. The van der Waals surface area contributed by atoms with Crippen LogP contribution < -0.4 is 14.2 Å². The molecule has 2 aromatic rings. The van der Waals surface area contributed by atoms with Gasteiger partial charge in [-0.05, 0) is 12.1 Å². The van der Waals surface area contributed by atoms with Crippen LogP contribution in [0.25, 0.3) is 0 Å². The van der Waals surface area contributed by atoms with Crippen LogP contribution in [0.1, 0.15) is 5.82 Å². The van der Waals surface area contributed by atoms with Gasteiger partial charge in [0.15, 0.2) is 0 Å². The fourth-order valence-electron chi connectivity index (χ4n) is 1.73. The van der Waals surface area contributed by atoms with Gasteiger partial charge in [0.1, 0.15) is 28.5 Å². The molecule has 0 radical (unpaired) electrons. The predicted octanol–water partition coefficient (Wildman–Crippen LogP) is 0.343. The summed E-state index contributed by atoms with van der Waals surface area (Å²) in [5, 5.41) is 6.36. The van der Waals surface area contributed by atoms with Gasteiger partial charge in [-0.2, -0.15) is 5.10 Å². The van der Waals surface area contributed by atoms with Crippen LogP contribution in [-0.4, -0.2) is 44.4 Å². The number of sulfonamides is 1. The number of rotatable bonds is 7. The lowest BCUT2D eigenvalue weighted by Gasteiger charge is -2.11. The highest BCUT2D eigenvalue weighted by Gasteiger charge is 2.19. The Kier molecular flexibility index (Phi) is 4.76. The average molecular weight is 312 g/mol. The third-order valence-corrected chi connectivity index (χ3v) is 4.28. The molecule has 0 fully saturated rings. The molecule has 0 amide bonds. The van der Waals surface area contributed by atoms with Gasteiger partial charge in [-0.25, -0.2) is 18.1 Å². The highest BCUT2D eigenvalue weighted by Crippen LogP contribution is 2.28. The van der Waals surface area contributed by atoms with Gasteiger partial charge in [0, 0.05) is 19.0 Å². The maximum absolute atomic E-state index is 12.3. The maximum atomic E-state index is 12.3. The Hall–Kier alpha value is -2.13. The van der Waals surface area contributed by atoms with Crippen LogP contribution in [0.2, 0.25) is 0 Å². The zero-order chi connectivity index (χ0) is 15.3. The first-order valence-corrected chi connectivity index (χ1v) is 7.61. The van der Waals surface area contributed by atoms with Gasteiger partial charge >= 0.3 is 0 Å². The summed E-state index contributed by atoms with van der Waals surface area (Å²) in [7, 11) is -0.770. The molecule has 0 aliphatic rings. The Morgan fingerprint density at radius 3 is 2.71 bits per heavy atom. The standard InChI is InChI=1S/C12H16N4O4S/c1-19-9-3-4-11(10(7-9)20-2)21(17,18)15-6-5-12-13-8-14-16-12/h3-4,7-8,15H,5-6H2,1-2H3,(H,13,14,16). The van der Waals surface area contributed by atoms with Gasteiger partial charge in [-0.3, -0.25) is 5.10 Å². The number of aromatic nitrogens is 3. The van der Waals surface area contributed by atoms with Crippen molar-refractivity contribution in [2.45, 2.75) is 11.3 Å². The van der Waals surface area contributed by atoms with E-state index in [1.165, 1.54) is 32.7 Å². The maximum Gasteiger partial charge on any atom is 0.244 e. The molecule has 9 heteroatoms. The molecule has 0 bridgehead atoms. The number of aromatic amines is 1. The quantitative estimate of drug-likeness (QED) is 0.764. The molecular formula is C12H16N4O4S. The molecule has 0 spiro atoms. The first-order chi connectivity index (χ1) is 10.1. The van der Waals surface area contributed by atoms with Gasteiger partial charge in [0.25, 0.3) is 0 Å². The third-order valence-electron chi connectivity index (χ3n) is 2.78. The molecule has 0 saturated heterocycles. The Morgan fingerprint density at radius 2 is 2.10 bits per heavy atom. The largest absolute Gasteiger partial charge is 0.497 e. The molecule has 1 aromatic carbocycles. The van der Waals surface area contributed by atoms with E-state index in [2.05, 4.69) is 19.9 Å². The van der Waals surface area contributed by atoms with Gasteiger partial charge in [0.2, 0.25) is 10.0 Å². The van der Waals surface area contributed by atoms with Crippen LogP contribution in [0, 0.1) is 0 Å². The molecule has 0 aliphatic heterocycles. The molecule has 0 atom stereocenters. The molecule has 2 rings (SSSR count). The van der Waals surface area contributed by atoms with Crippen LogP contribution in [0.3, 0.4) is 0 Å². The molecule has 0 saturated carbocycles. The van der Waals surface area contributed by atoms with Crippen molar-refractivity contribution in [3.63, 3.8) is 0 Å². The van der Waals surface area contributed by atoms with Crippen molar-refractivity contribution < 1.29 is 17.9 Å². The molecule has 1 heterocycles. The number of nitrogens with one attached hydrogen (secondary N) is 2. The van der Waals surface area contributed by atoms with E-state index in [1.807, 2.05) is 0 Å². The molecule has 0 aliphatic carbocycles. The van der Waals surface area contributed by atoms with Crippen LogP contribution in [-0.2, 0) is 16.4 Å². The van der Waals surface area contributed by atoms with Crippen LogP contribution in [0.4, 0.5) is 0 Å². The number of ether oxygens (including phenoxy) is 2.